The molecule has 18 heavy (non-hydrogen) atoms. The first-order valence-electron chi connectivity index (χ1n) is 5.37. The molecular weight excluding hydrogens is 362 g/mol. The van der Waals surface area contributed by atoms with Crippen LogP contribution in [0.15, 0.2) is 38.0 Å². The van der Waals surface area contributed by atoms with Crippen molar-refractivity contribution in [2.45, 2.75) is 13.0 Å². The minimum Gasteiger partial charge on any atom is -0.496 e. The topological polar surface area (TPSA) is 48.4 Å². The predicted molar refractivity (Wildman–Crippen MR) is 77.9 cm³/mol. The molecule has 0 aliphatic heterocycles. The largest absolute Gasteiger partial charge is 0.496 e. The third-order valence-electron chi connectivity index (χ3n) is 2.83. The smallest absolute Gasteiger partial charge is 0.174 e. The van der Waals surface area contributed by atoms with Crippen molar-refractivity contribution in [3.05, 3.63) is 50.3 Å². The van der Waals surface area contributed by atoms with E-state index in [9.17, 15) is 0 Å². The van der Waals surface area contributed by atoms with E-state index in [1.54, 1.807) is 13.4 Å². The summed E-state index contributed by atoms with van der Waals surface area (Å²) < 4.78 is 12.3. The Hall–Kier alpha value is -0.780. The SMILES string of the molecule is COc1cc(C)c(Br)cc1C(N)c1ccoc1Br. The maximum absolute atomic E-state index is 6.27. The van der Waals surface area contributed by atoms with Crippen LogP contribution >= 0.6 is 31.9 Å². The first kappa shape index (κ1) is 13.6. The Labute approximate surface area is 123 Å². The van der Waals surface area contributed by atoms with E-state index >= 15 is 0 Å². The molecule has 0 aliphatic rings. The summed E-state index contributed by atoms with van der Waals surface area (Å²) in [6.45, 7) is 2.01. The third-order valence-corrected chi connectivity index (χ3v) is 4.33. The van der Waals surface area contributed by atoms with Gasteiger partial charge in [0.2, 0.25) is 0 Å². The van der Waals surface area contributed by atoms with Crippen LogP contribution in [0.4, 0.5) is 0 Å². The van der Waals surface area contributed by atoms with Crippen LogP contribution in [0.25, 0.3) is 0 Å². The summed E-state index contributed by atoms with van der Waals surface area (Å²) in [4.78, 5) is 0. The lowest BCUT2D eigenvalue weighted by Crippen LogP contribution is -2.13. The van der Waals surface area contributed by atoms with Crippen molar-refractivity contribution in [2.75, 3.05) is 7.11 Å². The molecule has 5 heteroatoms. The van der Waals surface area contributed by atoms with Gasteiger partial charge in [-0.3, -0.25) is 0 Å². The summed E-state index contributed by atoms with van der Waals surface area (Å²) >= 11 is 6.86. The highest BCUT2D eigenvalue weighted by Gasteiger charge is 2.19. The van der Waals surface area contributed by atoms with E-state index in [0.29, 0.717) is 4.67 Å². The van der Waals surface area contributed by atoms with Crippen LogP contribution in [0.3, 0.4) is 0 Å². The Bertz CT molecular complexity index is 566. The van der Waals surface area contributed by atoms with Gasteiger partial charge in [-0.05, 0) is 46.6 Å². The zero-order valence-electron chi connectivity index (χ0n) is 10.0. The summed E-state index contributed by atoms with van der Waals surface area (Å²) in [5, 5.41) is 0. The van der Waals surface area contributed by atoms with Crippen molar-refractivity contribution in [3.63, 3.8) is 0 Å². The average Bonchev–Trinajstić information content (AvgIpc) is 2.77. The molecule has 96 valence electrons. The van der Waals surface area contributed by atoms with Crippen molar-refractivity contribution >= 4 is 31.9 Å². The Balaban J connectivity index is 2.50. The molecule has 0 saturated heterocycles. The van der Waals surface area contributed by atoms with E-state index in [-0.39, 0.29) is 6.04 Å². The van der Waals surface area contributed by atoms with Gasteiger partial charge in [0, 0.05) is 15.6 Å². The Kier molecular flexibility index (Phi) is 4.14. The van der Waals surface area contributed by atoms with Crippen molar-refractivity contribution in [2.24, 2.45) is 5.73 Å². The number of nitrogens with two attached hydrogens (primary N) is 1. The van der Waals surface area contributed by atoms with Gasteiger partial charge >= 0.3 is 0 Å². The fraction of sp³-hybridized carbons (Fsp3) is 0.231. The summed E-state index contributed by atoms with van der Waals surface area (Å²) in [6, 6.07) is 5.50. The number of aryl methyl sites for hydroxylation is 1. The van der Waals surface area contributed by atoms with Gasteiger partial charge in [0.25, 0.3) is 0 Å². The molecule has 3 nitrogen and oxygen atoms in total. The van der Waals surface area contributed by atoms with E-state index in [0.717, 1.165) is 26.9 Å². The van der Waals surface area contributed by atoms with E-state index in [4.69, 9.17) is 14.9 Å². The molecule has 0 bridgehead atoms. The number of hydrogen-bond acceptors (Lipinski definition) is 3. The van der Waals surface area contributed by atoms with Crippen LogP contribution in [0, 0.1) is 6.92 Å². The van der Waals surface area contributed by atoms with Gasteiger partial charge in [-0.25, -0.2) is 0 Å². The van der Waals surface area contributed by atoms with Crippen molar-refractivity contribution in [3.8, 4) is 5.75 Å². The highest BCUT2D eigenvalue weighted by molar-refractivity contribution is 9.10. The monoisotopic (exact) mass is 373 g/mol. The molecule has 1 heterocycles. The third kappa shape index (κ3) is 2.48. The van der Waals surface area contributed by atoms with Crippen molar-refractivity contribution in [1.29, 1.82) is 0 Å². The molecule has 0 spiro atoms. The lowest BCUT2D eigenvalue weighted by Gasteiger charge is -2.16. The molecule has 0 aliphatic carbocycles. The predicted octanol–water partition coefficient (Wildman–Crippen LogP) is 4.17. The molecule has 0 radical (unpaired) electrons. The Morgan fingerprint density at radius 2 is 2.00 bits per heavy atom. The van der Waals surface area contributed by atoms with E-state index in [1.165, 1.54) is 0 Å². The van der Waals surface area contributed by atoms with Crippen LogP contribution < -0.4 is 10.5 Å². The number of rotatable bonds is 3. The van der Waals surface area contributed by atoms with Gasteiger partial charge in [0.15, 0.2) is 4.67 Å². The maximum Gasteiger partial charge on any atom is 0.174 e. The second kappa shape index (κ2) is 5.47. The van der Waals surface area contributed by atoms with Gasteiger partial charge in [0.05, 0.1) is 19.4 Å². The van der Waals surface area contributed by atoms with Gasteiger partial charge in [-0.1, -0.05) is 15.9 Å². The maximum atomic E-state index is 6.27. The van der Waals surface area contributed by atoms with Crippen molar-refractivity contribution in [1.82, 2.24) is 0 Å². The fourth-order valence-corrected chi connectivity index (χ4v) is 2.63. The average molecular weight is 375 g/mol. The second-order valence-electron chi connectivity index (χ2n) is 3.97. The quantitative estimate of drug-likeness (QED) is 0.876. The van der Waals surface area contributed by atoms with Crippen LogP contribution in [0.1, 0.15) is 22.7 Å². The number of methoxy groups -OCH3 is 1. The molecule has 1 aromatic carbocycles. The number of benzene rings is 1. The fourth-order valence-electron chi connectivity index (χ4n) is 1.78. The number of hydrogen-bond donors (Lipinski definition) is 1. The van der Waals surface area contributed by atoms with Gasteiger partial charge < -0.3 is 14.9 Å². The zero-order valence-corrected chi connectivity index (χ0v) is 13.2. The minimum absolute atomic E-state index is 0.301. The first-order valence-corrected chi connectivity index (χ1v) is 6.95. The number of ether oxygens (including phenoxy) is 1. The van der Waals surface area contributed by atoms with Gasteiger partial charge in [0.1, 0.15) is 5.75 Å². The van der Waals surface area contributed by atoms with Gasteiger partial charge in [-0.15, -0.1) is 0 Å². The molecule has 0 amide bonds. The highest BCUT2D eigenvalue weighted by Crippen LogP contribution is 2.35. The Morgan fingerprint density at radius 1 is 1.28 bits per heavy atom. The summed E-state index contributed by atoms with van der Waals surface area (Å²) in [7, 11) is 1.64. The van der Waals surface area contributed by atoms with E-state index in [1.807, 2.05) is 25.1 Å². The van der Waals surface area contributed by atoms with E-state index in [2.05, 4.69) is 31.9 Å². The molecule has 2 aromatic rings. The molecule has 1 atom stereocenters. The minimum atomic E-state index is -0.301. The first-order chi connectivity index (χ1) is 8.54. The van der Waals surface area contributed by atoms with Crippen molar-refractivity contribution < 1.29 is 9.15 Å². The zero-order chi connectivity index (χ0) is 13.3. The summed E-state index contributed by atoms with van der Waals surface area (Å²) in [6.07, 6.45) is 1.61. The lowest BCUT2D eigenvalue weighted by atomic mass is 10.00. The van der Waals surface area contributed by atoms with Crippen LogP contribution in [-0.4, -0.2) is 7.11 Å². The van der Waals surface area contributed by atoms with Gasteiger partial charge in [-0.2, -0.15) is 0 Å². The standard InChI is InChI=1S/C13H13Br2NO2/c1-7-5-11(17-2)9(6-10(7)14)12(16)8-3-4-18-13(8)15/h3-6,12H,16H2,1-2H3. The molecule has 1 aromatic heterocycles. The number of halogens is 2. The molecular formula is C13H13Br2NO2. The molecule has 2 rings (SSSR count). The van der Waals surface area contributed by atoms with Crippen LogP contribution in [0.5, 0.6) is 5.75 Å². The summed E-state index contributed by atoms with van der Waals surface area (Å²) in [5.41, 5.74) is 9.18. The Morgan fingerprint density at radius 3 is 2.56 bits per heavy atom. The molecule has 1 unspecified atom stereocenters. The normalized spacial score (nSPS) is 12.5. The van der Waals surface area contributed by atoms with Crippen LogP contribution in [0.2, 0.25) is 0 Å². The van der Waals surface area contributed by atoms with E-state index < -0.39 is 0 Å². The highest BCUT2D eigenvalue weighted by atomic mass is 79.9. The second-order valence-corrected chi connectivity index (χ2v) is 5.55. The van der Waals surface area contributed by atoms with Crippen LogP contribution in [-0.2, 0) is 0 Å². The lowest BCUT2D eigenvalue weighted by molar-refractivity contribution is 0.407. The molecule has 0 saturated carbocycles. The molecule has 0 fully saturated rings. The molecule has 2 N–H and O–H groups in total. The summed E-state index contributed by atoms with van der Waals surface area (Å²) in [5.74, 6) is 0.774. The number of furan rings is 1.